The first-order chi connectivity index (χ1) is 13.5. The first-order valence-electron chi connectivity index (χ1n) is 9.30. The topological polar surface area (TPSA) is 96.9 Å². The predicted octanol–water partition coefficient (Wildman–Crippen LogP) is 2.74. The molecule has 0 aliphatic heterocycles. The lowest BCUT2D eigenvalue weighted by Gasteiger charge is -2.13. The molecule has 0 heterocycles. The summed E-state index contributed by atoms with van der Waals surface area (Å²) in [4.78, 5) is 24.3. The second-order valence-electron chi connectivity index (χ2n) is 6.00. The number of rotatable bonds is 10. The minimum absolute atomic E-state index is 0.0985. The van der Waals surface area contributed by atoms with E-state index in [9.17, 15) is 14.7 Å². The van der Waals surface area contributed by atoms with Crippen molar-refractivity contribution in [3.63, 3.8) is 0 Å². The Morgan fingerprint density at radius 3 is 2.07 bits per heavy atom. The molecule has 0 aliphatic rings. The molecular formula is C21H26N2O5. The molecule has 0 spiro atoms. The molecular weight excluding hydrogens is 360 g/mol. The van der Waals surface area contributed by atoms with Gasteiger partial charge in [-0.15, -0.1) is 0 Å². The van der Waals surface area contributed by atoms with E-state index >= 15 is 0 Å². The van der Waals surface area contributed by atoms with E-state index in [-0.39, 0.29) is 30.7 Å². The van der Waals surface area contributed by atoms with Crippen molar-refractivity contribution in [2.24, 2.45) is 0 Å². The number of aromatic hydroxyl groups is 1. The van der Waals surface area contributed by atoms with Gasteiger partial charge in [0.25, 0.3) is 11.8 Å². The number of benzene rings is 2. The summed E-state index contributed by atoms with van der Waals surface area (Å²) < 4.78 is 11.2. The van der Waals surface area contributed by atoms with Gasteiger partial charge in [0.2, 0.25) is 0 Å². The van der Waals surface area contributed by atoms with Crippen LogP contribution in [0.1, 0.15) is 41.0 Å². The highest BCUT2D eigenvalue weighted by Gasteiger charge is 2.12. The van der Waals surface area contributed by atoms with Crippen molar-refractivity contribution in [3.05, 3.63) is 53.6 Å². The maximum Gasteiger partial charge on any atom is 0.251 e. The molecule has 150 valence electrons. The molecule has 0 aliphatic carbocycles. The maximum absolute atomic E-state index is 12.3. The van der Waals surface area contributed by atoms with Crippen LogP contribution in [0.2, 0.25) is 0 Å². The Bertz CT molecular complexity index is 790. The Hall–Kier alpha value is -3.22. The van der Waals surface area contributed by atoms with Crippen LogP contribution < -0.4 is 20.1 Å². The van der Waals surface area contributed by atoms with E-state index in [1.807, 2.05) is 13.8 Å². The molecule has 28 heavy (non-hydrogen) atoms. The third-order valence-corrected chi connectivity index (χ3v) is 3.79. The van der Waals surface area contributed by atoms with Crippen molar-refractivity contribution in [1.82, 2.24) is 10.6 Å². The monoisotopic (exact) mass is 386 g/mol. The quantitative estimate of drug-likeness (QED) is 0.546. The molecule has 2 rings (SSSR count). The third-order valence-electron chi connectivity index (χ3n) is 3.79. The normalized spacial score (nSPS) is 10.2. The zero-order chi connectivity index (χ0) is 20.4. The van der Waals surface area contributed by atoms with Crippen LogP contribution in [0, 0.1) is 0 Å². The van der Waals surface area contributed by atoms with Crippen LogP contribution >= 0.6 is 0 Å². The first-order valence-corrected chi connectivity index (χ1v) is 9.30. The van der Waals surface area contributed by atoms with Crippen LogP contribution in [0.15, 0.2) is 42.5 Å². The van der Waals surface area contributed by atoms with Crippen molar-refractivity contribution in [2.45, 2.75) is 20.3 Å². The number of hydrogen-bond donors (Lipinski definition) is 3. The number of hydrogen-bond acceptors (Lipinski definition) is 5. The Morgan fingerprint density at radius 2 is 1.46 bits per heavy atom. The Balaban J connectivity index is 1.85. The van der Waals surface area contributed by atoms with Crippen LogP contribution in [0.25, 0.3) is 0 Å². The van der Waals surface area contributed by atoms with Gasteiger partial charge in [-0.1, -0.05) is 6.92 Å². The highest BCUT2D eigenvalue weighted by atomic mass is 16.5. The van der Waals surface area contributed by atoms with Gasteiger partial charge in [0.05, 0.1) is 13.2 Å². The Morgan fingerprint density at radius 1 is 0.857 bits per heavy atom. The third kappa shape index (κ3) is 6.19. The molecule has 0 bridgehead atoms. The van der Waals surface area contributed by atoms with Gasteiger partial charge in [-0.3, -0.25) is 9.59 Å². The van der Waals surface area contributed by atoms with E-state index in [1.54, 1.807) is 18.2 Å². The van der Waals surface area contributed by atoms with Gasteiger partial charge in [-0.25, -0.2) is 0 Å². The molecule has 0 saturated heterocycles. The largest absolute Gasteiger partial charge is 0.508 e. The molecule has 2 aromatic carbocycles. The van der Waals surface area contributed by atoms with Gasteiger partial charge in [0, 0.05) is 24.2 Å². The molecule has 2 aromatic rings. The molecule has 3 N–H and O–H groups in total. The summed E-state index contributed by atoms with van der Waals surface area (Å²) in [6.07, 6.45) is 0.879. The van der Waals surface area contributed by atoms with Gasteiger partial charge in [0.15, 0.2) is 11.5 Å². The number of ether oxygens (including phenoxy) is 2. The zero-order valence-corrected chi connectivity index (χ0v) is 16.2. The molecule has 0 unspecified atom stereocenters. The number of nitrogens with one attached hydrogen (secondary N) is 2. The number of amides is 2. The zero-order valence-electron chi connectivity index (χ0n) is 16.2. The van der Waals surface area contributed by atoms with E-state index in [0.717, 1.165) is 6.42 Å². The lowest BCUT2D eigenvalue weighted by atomic mass is 10.2. The molecule has 0 radical (unpaired) electrons. The first kappa shape index (κ1) is 21.1. The fourth-order valence-electron chi connectivity index (χ4n) is 2.42. The van der Waals surface area contributed by atoms with Crippen LogP contribution in [0.5, 0.6) is 17.2 Å². The predicted molar refractivity (Wildman–Crippen MR) is 106 cm³/mol. The standard InChI is InChI=1S/C21H26N2O5/c1-3-13-28-18-10-7-16(14-19(18)27-4-2)21(26)23-12-11-22-20(25)15-5-8-17(24)9-6-15/h5-10,14,24H,3-4,11-13H2,1-2H3,(H,22,25)(H,23,26). The van der Waals surface area contributed by atoms with Gasteiger partial charge < -0.3 is 25.2 Å². The average Bonchev–Trinajstić information content (AvgIpc) is 2.70. The minimum atomic E-state index is -0.273. The van der Waals surface area contributed by atoms with E-state index in [2.05, 4.69) is 10.6 Å². The van der Waals surface area contributed by atoms with Gasteiger partial charge in [0.1, 0.15) is 5.75 Å². The second-order valence-corrected chi connectivity index (χ2v) is 6.00. The van der Waals surface area contributed by atoms with Crippen molar-refractivity contribution in [2.75, 3.05) is 26.3 Å². The van der Waals surface area contributed by atoms with Crippen molar-refractivity contribution < 1.29 is 24.2 Å². The molecule has 0 fully saturated rings. The summed E-state index contributed by atoms with van der Waals surface area (Å²) in [6.45, 7) is 5.49. The summed E-state index contributed by atoms with van der Waals surface area (Å²) in [5, 5.41) is 14.7. The van der Waals surface area contributed by atoms with Crippen LogP contribution in [-0.2, 0) is 0 Å². The summed E-state index contributed by atoms with van der Waals surface area (Å²) >= 11 is 0. The Labute approximate surface area is 164 Å². The minimum Gasteiger partial charge on any atom is -0.508 e. The lowest BCUT2D eigenvalue weighted by Crippen LogP contribution is -2.34. The SMILES string of the molecule is CCCOc1ccc(C(=O)NCCNC(=O)c2ccc(O)cc2)cc1OCC. The average molecular weight is 386 g/mol. The van der Waals surface area contributed by atoms with Crippen molar-refractivity contribution in [3.8, 4) is 17.2 Å². The number of carbonyl (C=O) groups excluding carboxylic acids is 2. The smallest absolute Gasteiger partial charge is 0.251 e. The van der Waals surface area contributed by atoms with Crippen molar-refractivity contribution >= 4 is 11.8 Å². The fourth-order valence-corrected chi connectivity index (χ4v) is 2.42. The summed E-state index contributed by atoms with van der Waals surface area (Å²) in [5.41, 5.74) is 0.894. The molecule has 7 heteroatoms. The summed E-state index contributed by atoms with van der Waals surface area (Å²) in [7, 11) is 0. The van der Waals surface area contributed by atoms with E-state index < -0.39 is 0 Å². The molecule has 0 saturated carbocycles. The van der Waals surface area contributed by atoms with E-state index in [1.165, 1.54) is 24.3 Å². The Kier molecular flexibility index (Phi) is 8.14. The van der Waals surface area contributed by atoms with Gasteiger partial charge in [-0.2, -0.15) is 0 Å². The number of phenolic OH excluding ortho intramolecular Hbond substituents is 1. The summed E-state index contributed by atoms with van der Waals surface area (Å²) in [5.74, 6) is 0.708. The van der Waals surface area contributed by atoms with Gasteiger partial charge in [-0.05, 0) is 55.8 Å². The van der Waals surface area contributed by atoms with E-state index in [4.69, 9.17) is 9.47 Å². The van der Waals surface area contributed by atoms with Crippen LogP contribution in [0.3, 0.4) is 0 Å². The second kappa shape index (κ2) is 10.8. The van der Waals surface area contributed by atoms with Crippen molar-refractivity contribution in [1.29, 1.82) is 0 Å². The molecule has 2 amide bonds. The highest BCUT2D eigenvalue weighted by molar-refractivity contribution is 5.95. The maximum atomic E-state index is 12.3. The van der Waals surface area contributed by atoms with Gasteiger partial charge >= 0.3 is 0 Å². The lowest BCUT2D eigenvalue weighted by molar-refractivity contribution is 0.0927. The summed E-state index contributed by atoms with van der Waals surface area (Å²) in [6, 6.07) is 11.0. The number of carbonyl (C=O) groups is 2. The van der Waals surface area contributed by atoms with E-state index in [0.29, 0.717) is 35.8 Å². The molecule has 7 nitrogen and oxygen atoms in total. The highest BCUT2D eigenvalue weighted by Crippen LogP contribution is 2.28. The molecule has 0 aromatic heterocycles. The molecule has 0 atom stereocenters. The fraction of sp³-hybridized carbons (Fsp3) is 0.333. The van der Waals surface area contributed by atoms with Crippen LogP contribution in [0.4, 0.5) is 0 Å². The van der Waals surface area contributed by atoms with Crippen LogP contribution in [-0.4, -0.2) is 43.2 Å². The number of phenols is 1.